The van der Waals surface area contributed by atoms with Gasteiger partial charge in [-0.2, -0.15) is 0 Å². The molecular weight excluding hydrogens is 236 g/mol. The first kappa shape index (κ1) is 11.7. The van der Waals surface area contributed by atoms with E-state index in [0.717, 1.165) is 31.9 Å². The third-order valence-electron chi connectivity index (χ3n) is 4.16. The van der Waals surface area contributed by atoms with Crippen LogP contribution in [0.2, 0.25) is 6.04 Å². The highest BCUT2D eigenvalue weighted by Gasteiger charge is 2.60. The van der Waals surface area contributed by atoms with Gasteiger partial charge in [-0.15, -0.1) is 0 Å². The molecule has 3 aliphatic heterocycles. The second kappa shape index (κ2) is 4.37. The van der Waals surface area contributed by atoms with Gasteiger partial charge in [-0.3, -0.25) is 4.79 Å². The first-order chi connectivity index (χ1) is 8.23. The zero-order valence-corrected chi connectivity index (χ0v) is 10.8. The minimum atomic E-state index is -0.0716. The smallest absolute Gasteiger partial charge is 0.306 e. The van der Waals surface area contributed by atoms with Gasteiger partial charge in [-0.25, -0.2) is 0 Å². The van der Waals surface area contributed by atoms with Crippen LogP contribution < -0.4 is 0 Å². The predicted octanol–water partition coefficient (Wildman–Crippen LogP) is 0.843. The van der Waals surface area contributed by atoms with Gasteiger partial charge in [0.25, 0.3) is 0 Å². The summed E-state index contributed by atoms with van der Waals surface area (Å²) in [5.74, 6) is -0.0716. The Morgan fingerprint density at radius 3 is 3.00 bits per heavy atom. The highest BCUT2D eigenvalue weighted by Crippen LogP contribution is 2.53. The van der Waals surface area contributed by atoms with E-state index in [2.05, 4.69) is 10.2 Å². The SMILES string of the molecule is O=C1CC2(CO1)CC1OC2CC1OCCC[Si]. The van der Waals surface area contributed by atoms with Crippen LogP contribution in [-0.2, 0) is 19.0 Å². The molecule has 0 aliphatic carbocycles. The fraction of sp³-hybridized carbons (Fsp3) is 0.917. The van der Waals surface area contributed by atoms with E-state index in [0.29, 0.717) is 13.0 Å². The van der Waals surface area contributed by atoms with E-state index >= 15 is 0 Å². The molecule has 0 saturated carbocycles. The molecule has 0 aromatic heterocycles. The number of rotatable bonds is 4. The first-order valence-electron chi connectivity index (χ1n) is 6.31. The summed E-state index contributed by atoms with van der Waals surface area (Å²) in [6.07, 6.45) is 3.95. The highest BCUT2D eigenvalue weighted by atomic mass is 28.1. The highest BCUT2D eigenvalue weighted by molar-refractivity contribution is 6.08. The summed E-state index contributed by atoms with van der Waals surface area (Å²) in [6.45, 7) is 1.32. The number of esters is 1. The molecule has 5 heteroatoms. The molecule has 3 aliphatic rings. The Kier molecular flexibility index (Phi) is 3.00. The lowest BCUT2D eigenvalue weighted by Crippen LogP contribution is -2.39. The van der Waals surface area contributed by atoms with Gasteiger partial charge in [-0.1, -0.05) is 6.04 Å². The maximum absolute atomic E-state index is 11.3. The van der Waals surface area contributed by atoms with Crippen molar-refractivity contribution in [3.05, 3.63) is 0 Å². The Hall–Kier alpha value is -0.393. The molecule has 1 spiro atoms. The molecule has 4 atom stereocenters. The van der Waals surface area contributed by atoms with Crippen LogP contribution in [0.3, 0.4) is 0 Å². The summed E-state index contributed by atoms with van der Waals surface area (Å²) in [5.41, 5.74) is -0.0311. The third kappa shape index (κ3) is 1.94. The van der Waals surface area contributed by atoms with E-state index < -0.39 is 0 Å². The fourth-order valence-electron chi connectivity index (χ4n) is 3.26. The molecule has 2 bridgehead atoms. The van der Waals surface area contributed by atoms with Crippen LogP contribution >= 0.6 is 0 Å². The minimum absolute atomic E-state index is 0.0311. The molecular formula is C12H17O4Si. The summed E-state index contributed by atoms with van der Waals surface area (Å²) < 4.78 is 16.9. The molecule has 3 saturated heterocycles. The van der Waals surface area contributed by atoms with Gasteiger partial charge in [-0.05, 0) is 12.8 Å². The third-order valence-corrected chi connectivity index (χ3v) is 4.51. The van der Waals surface area contributed by atoms with E-state index in [9.17, 15) is 4.79 Å². The van der Waals surface area contributed by atoms with E-state index in [1.165, 1.54) is 0 Å². The number of carbonyl (C=O) groups excluding carboxylic acids is 1. The van der Waals surface area contributed by atoms with Crippen LogP contribution in [-0.4, -0.2) is 47.7 Å². The summed E-state index contributed by atoms with van der Waals surface area (Å²) in [4.78, 5) is 11.3. The van der Waals surface area contributed by atoms with Crippen LogP contribution in [0.1, 0.15) is 25.7 Å². The number of hydrogen-bond donors (Lipinski definition) is 0. The Bertz CT molecular complexity index is 322. The summed E-state index contributed by atoms with van der Waals surface area (Å²) in [6, 6.07) is 0.966. The van der Waals surface area contributed by atoms with Crippen molar-refractivity contribution in [2.24, 2.45) is 5.41 Å². The van der Waals surface area contributed by atoms with Gasteiger partial charge in [0.15, 0.2) is 0 Å². The largest absolute Gasteiger partial charge is 0.465 e. The van der Waals surface area contributed by atoms with Crippen molar-refractivity contribution in [2.45, 2.75) is 50.0 Å². The van der Waals surface area contributed by atoms with Gasteiger partial charge < -0.3 is 14.2 Å². The molecule has 17 heavy (non-hydrogen) atoms. The van der Waals surface area contributed by atoms with E-state index in [4.69, 9.17) is 14.2 Å². The van der Waals surface area contributed by atoms with Crippen LogP contribution in [0.25, 0.3) is 0 Å². The molecule has 0 aromatic rings. The van der Waals surface area contributed by atoms with Crippen molar-refractivity contribution < 1.29 is 19.0 Å². The van der Waals surface area contributed by atoms with E-state index in [1.807, 2.05) is 0 Å². The Labute approximate surface area is 104 Å². The monoisotopic (exact) mass is 253 g/mol. The maximum atomic E-state index is 11.3. The van der Waals surface area contributed by atoms with Gasteiger partial charge in [0.2, 0.25) is 0 Å². The van der Waals surface area contributed by atoms with Gasteiger partial charge >= 0.3 is 5.97 Å². The van der Waals surface area contributed by atoms with Crippen LogP contribution in [0.5, 0.6) is 0 Å². The zero-order valence-electron chi connectivity index (χ0n) is 9.81. The minimum Gasteiger partial charge on any atom is -0.465 e. The molecule has 3 radical (unpaired) electrons. The number of cyclic esters (lactones) is 1. The lowest BCUT2D eigenvalue weighted by Gasteiger charge is -2.31. The van der Waals surface area contributed by atoms with Crippen molar-refractivity contribution >= 4 is 16.2 Å². The maximum Gasteiger partial charge on any atom is 0.306 e. The molecule has 93 valence electrons. The van der Waals surface area contributed by atoms with Crippen LogP contribution in [0.4, 0.5) is 0 Å². The van der Waals surface area contributed by atoms with Gasteiger partial charge in [0.1, 0.15) is 6.61 Å². The average molecular weight is 253 g/mol. The molecule has 0 amide bonds. The van der Waals surface area contributed by atoms with Gasteiger partial charge in [0.05, 0.1) is 24.7 Å². The number of ether oxygens (including phenoxy) is 3. The summed E-state index contributed by atoms with van der Waals surface area (Å²) in [5, 5.41) is 0. The molecule has 0 N–H and O–H groups in total. The van der Waals surface area contributed by atoms with E-state index in [1.54, 1.807) is 0 Å². The summed E-state index contributed by atoms with van der Waals surface area (Å²) >= 11 is 0. The quantitative estimate of drug-likeness (QED) is 0.423. The van der Waals surface area contributed by atoms with E-state index in [-0.39, 0.29) is 29.7 Å². The van der Waals surface area contributed by atoms with Crippen LogP contribution in [0, 0.1) is 5.41 Å². The Morgan fingerprint density at radius 2 is 2.41 bits per heavy atom. The number of carbonyl (C=O) groups is 1. The molecule has 4 unspecified atom stereocenters. The second-order valence-electron chi connectivity index (χ2n) is 5.32. The number of hydrogen-bond acceptors (Lipinski definition) is 4. The lowest BCUT2D eigenvalue weighted by atomic mass is 9.72. The Balaban J connectivity index is 1.57. The van der Waals surface area contributed by atoms with Crippen molar-refractivity contribution in [3.8, 4) is 0 Å². The normalized spacial score (nSPS) is 43.6. The second-order valence-corrected chi connectivity index (χ2v) is 5.82. The van der Waals surface area contributed by atoms with Crippen molar-refractivity contribution in [2.75, 3.05) is 13.2 Å². The molecule has 3 heterocycles. The van der Waals surface area contributed by atoms with Gasteiger partial charge in [0, 0.05) is 28.7 Å². The summed E-state index contributed by atoms with van der Waals surface area (Å²) in [7, 11) is 3.44. The predicted molar refractivity (Wildman–Crippen MR) is 60.8 cm³/mol. The number of fused-ring (bicyclic) bond motifs is 3. The molecule has 0 aromatic carbocycles. The first-order valence-corrected chi connectivity index (χ1v) is 7.01. The lowest BCUT2D eigenvalue weighted by molar-refractivity contribution is -0.137. The molecule has 4 nitrogen and oxygen atoms in total. The standard InChI is InChI=1S/C12H17O4Si/c13-11-6-12(7-15-11)5-9-8(4-10(12)16-9)14-2-1-3-17/h8-10H,1-7H2. The topological polar surface area (TPSA) is 44.8 Å². The fourth-order valence-corrected chi connectivity index (χ4v) is 3.40. The average Bonchev–Trinajstić information content (AvgIpc) is 2.95. The van der Waals surface area contributed by atoms with Crippen molar-refractivity contribution in [3.63, 3.8) is 0 Å². The Morgan fingerprint density at radius 1 is 1.53 bits per heavy atom. The molecule has 3 fully saturated rings. The molecule has 3 rings (SSSR count). The van der Waals surface area contributed by atoms with Crippen molar-refractivity contribution in [1.29, 1.82) is 0 Å². The van der Waals surface area contributed by atoms with Crippen molar-refractivity contribution in [1.82, 2.24) is 0 Å². The zero-order chi connectivity index (χ0) is 11.9. The van der Waals surface area contributed by atoms with Crippen LogP contribution in [0.15, 0.2) is 0 Å².